The zero-order valence-electron chi connectivity index (χ0n) is 12.4. The van der Waals surface area contributed by atoms with Crippen molar-refractivity contribution in [2.45, 2.75) is 32.9 Å². The van der Waals surface area contributed by atoms with E-state index in [9.17, 15) is 23.1 Å². The van der Waals surface area contributed by atoms with Gasteiger partial charge in [-0.15, -0.1) is 0 Å². The third kappa shape index (κ3) is 3.31. The Bertz CT molecular complexity index is 535. The van der Waals surface area contributed by atoms with Crippen molar-refractivity contribution in [1.82, 2.24) is 9.97 Å². The normalized spacial score (nSPS) is 17.6. The van der Waals surface area contributed by atoms with Crippen LogP contribution in [0.1, 0.15) is 32.3 Å². The topological polar surface area (TPSA) is 66.3 Å². The van der Waals surface area contributed by atoms with Crippen molar-refractivity contribution >= 4 is 11.9 Å². The van der Waals surface area contributed by atoms with Crippen LogP contribution in [0.25, 0.3) is 0 Å². The molecule has 0 atom stereocenters. The van der Waals surface area contributed by atoms with Gasteiger partial charge in [0.1, 0.15) is 0 Å². The summed E-state index contributed by atoms with van der Waals surface area (Å²) in [6, 6.07) is 0. The number of carboxylic acids is 1. The minimum Gasteiger partial charge on any atom is -0.481 e. The molecular formula is C14H18F3N3O2. The van der Waals surface area contributed by atoms with Crippen LogP contribution in [0.2, 0.25) is 0 Å². The number of rotatable bonds is 3. The Labute approximate surface area is 126 Å². The number of anilines is 1. The molecule has 1 aliphatic heterocycles. The fourth-order valence-electron chi connectivity index (χ4n) is 2.61. The SMILES string of the molecule is CC(C)(C(=O)O)C1CCN(c2ncc(C(F)(F)F)cn2)CC1. The summed E-state index contributed by atoms with van der Waals surface area (Å²) in [5, 5.41) is 9.24. The van der Waals surface area contributed by atoms with E-state index in [0.29, 0.717) is 25.9 Å². The van der Waals surface area contributed by atoms with Gasteiger partial charge in [0, 0.05) is 25.5 Å². The number of alkyl halides is 3. The average molecular weight is 317 g/mol. The average Bonchev–Trinajstić information content (AvgIpc) is 2.46. The fourth-order valence-corrected chi connectivity index (χ4v) is 2.61. The summed E-state index contributed by atoms with van der Waals surface area (Å²) in [4.78, 5) is 20.6. The van der Waals surface area contributed by atoms with Gasteiger partial charge in [-0.05, 0) is 32.6 Å². The number of carbonyl (C=O) groups is 1. The molecule has 22 heavy (non-hydrogen) atoms. The van der Waals surface area contributed by atoms with Crippen LogP contribution in [-0.2, 0) is 11.0 Å². The Balaban J connectivity index is 2.02. The second-order valence-electron chi connectivity index (χ2n) is 6.06. The standard InChI is InChI=1S/C14H18F3N3O2/c1-13(2,11(21)22)9-3-5-20(6-4-9)12-18-7-10(8-19-12)14(15,16)17/h7-9H,3-6H2,1-2H3,(H,21,22). The summed E-state index contributed by atoms with van der Waals surface area (Å²) in [7, 11) is 0. The van der Waals surface area contributed by atoms with Crippen molar-refractivity contribution in [3.63, 3.8) is 0 Å². The quantitative estimate of drug-likeness (QED) is 0.928. The molecule has 0 saturated carbocycles. The largest absolute Gasteiger partial charge is 0.481 e. The lowest BCUT2D eigenvalue weighted by Gasteiger charge is -2.38. The molecule has 1 N–H and O–H groups in total. The van der Waals surface area contributed by atoms with Gasteiger partial charge in [-0.2, -0.15) is 13.2 Å². The molecule has 2 heterocycles. The maximum absolute atomic E-state index is 12.5. The molecular weight excluding hydrogens is 299 g/mol. The van der Waals surface area contributed by atoms with E-state index in [-0.39, 0.29) is 11.9 Å². The van der Waals surface area contributed by atoms with E-state index < -0.39 is 23.1 Å². The van der Waals surface area contributed by atoms with Crippen molar-refractivity contribution in [2.75, 3.05) is 18.0 Å². The van der Waals surface area contributed by atoms with E-state index in [1.54, 1.807) is 18.7 Å². The highest BCUT2D eigenvalue weighted by atomic mass is 19.4. The Morgan fingerprint density at radius 2 is 1.73 bits per heavy atom. The minimum atomic E-state index is -4.45. The summed E-state index contributed by atoms with van der Waals surface area (Å²) in [6.45, 7) is 4.47. The fraction of sp³-hybridized carbons (Fsp3) is 0.643. The lowest BCUT2D eigenvalue weighted by molar-refractivity contribution is -0.150. The highest BCUT2D eigenvalue weighted by molar-refractivity contribution is 5.74. The van der Waals surface area contributed by atoms with Gasteiger partial charge in [0.05, 0.1) is 11.0 Å². The van der Waals surface area contributed by atoms with Gasteiger partial charge in [0.2, 0.25) is 5.95 Å². The third-order valence-electron chi connectivity index (χ3n) is 4.32. The molecule has 1 aromatic heterocycles. The number of nitrogens with zero attached hydrogens (tertiary/aromatic N) is 3. The molecule has 0 radical (unpaired) electrons. The number of hydrogen-bond acceptors (Lipinski definition) is 4. The van der Waals surface area contributed by atoms with Crippen LogP contribution in [0, 0.1) is 11.3 Å². The van der Waals surface area contributed by atoms with Gasteiger partial charge in [-0.3, -0.25) is 4.79 Å². The summed E-state index contributed by atoms with van der Waals surface area (Å²) in [5.41, 5.74) is -1.69. The van der Waals surface area contributed by atoms with Gasteiger partial charge in [0.15, 0.2) is 0 Å². The lowest BCUT2D eigenvalue weighted by atomic mass is 9.74. The van der Waals surface area contributed by atoms with E-state index in [1.807, 2.05) is 0 Å². The number of piperidine rings is 1. The van der Waals surface area contributed by atoms with Crippen molar-refractivity contribution < 1.29 is 23.1 Å². The minimum absolute atomic E-state index is 0.0238. The van der Waals surface area contributed by atoms with Gasteiger partial charge in [-0.1, -0.05) is 0 Å². The van der Waals surface area contributed by atoms with Crippen LogP contribution in [0.15, 0.2) is 12.4 Å². The molecule has 8 heteroatoms. The van der Waals surface area contributed by atoms with Crippen LogP contribution in [0.3, 0.4) is 0 Å². The first-order valence-corrected chi connectivity index (χ1v) is 7.00. The Hall–Kier alpha value is -1.86. The highest BCUT2D eigenvalue weighted by Gasteiger charge is 2.39. The second-order valence-corrected chi connectivity index (χ2v) is 6.06. The Kier molecular flexibility index (Phi) is 4.30. The molecule has 1 fully saturated rings. The van der Waals surface area contributed by atoms with Crippen LogP contribution >= 0.6 is 0 Å². The third-order valence-corrected chi connectivity index (χ3v) is 4.32. The number of carboxylic acid groups (broad SMARTS) is 1. The van der Waals surface area contributed by atoms with Gasteiger partial charge in [0.25, 0.3) is 0 Å². The van der Waals surface area contributed by atoms with E-state index in [0.717, 1.165) is 12.4 Å². The zero-order valence-corrected chi connectivity index (χ0v) is 12.4. The van der Waals surface area contributed by atoms with Crippen LogP contribution in [0.4, 0.5) is 19.1 Å². The molecule has 0 amide bonds. The first-order valence-electron chi connectivity index (χ1n) is 7.00. The molecule has 0 aliphatic carbocycles. The second kappa shape index (κ2) is 5.73. The molecule has 1 aromatic rings. The van der Waals surface area contributed by atoms with E-state index in [4.69, 9.17) is 0 Å². The highest BCUT2D eigenvalue weighted by Crippen LogP contribution is 2.36. The predicted molar refractivity (Wildman–Crippen MR) is 73.4 cm³/mol. The molecule has 122 valence electrons. The van der Waals surface area contributed by atoms with Crippen LogP contribution in [0.5, 0.6) is 0 Å². The van der Waals surface area contributed by atoms with Crippen molar-refractivity contribution in [3.05, 3.63) is 18.0 Å². The number of hydrogen-bond donors (Lipinski definition) is 1. The van der Waals surface area contributed by atoms with E-state index in [1.165, 1.54) is 0 Å². The summed E-state index contributed by atoms with van der Waals surface area (Å²) in [5.74, 6) is -0.563. The molecule has 0 spiro atoms. The predicted octanol–water partition coefficient (Wildman–Crippen LogP) is 2.82. The van der Waals surface area contributed by atoms with Crippen LogP contribution < -0.4 is 4.90 Å². The Morgan fingerprint density at radius 1 is 1.23 bits per heavy atom. The van der Waals surface area contributed by atoms with E-state index in [2.05, 4.69) is 9.97 Å². The smallest absolute Gasteiger partial charge is 0.419 e. The molecule has 1 aliphatic rings. The van der Waals surface area contributed by atoms with E-state index >= 15 is 0 Å². The number of halogens is 3. The molecule has 0 aromatic carbocycles. The number of aromatic nitrogens is 2. The lowest BCUT2D eigenvalue weighted by Crippen LogP contribution is -2.42. The van der Waals surface area contributed by atoms with Gasteiger partial charge < -0.3 is 10.0 Å². The molecule has 5 nitrogen and oxygen atoms in total. The Morgan fingerprint density at radius 3 is 2.14 bits per heavy atom. The summed E-state index contributed by atoms with van der Waals surface area (Å²) >= 11 is 0. The van der Waals surface area contributed by atoms with Crippen molar-refractivity contribution in [1.29, 1.82) is 0 Å². The maximum atomic E-state index is 12.5. The summed E-state index contributed by atoms with van der Waals surface area (Å²) in [6.07, 6.45) is -1.62. The molecule has 2 rings (SSSR count). The van der Waals surface area contributed by atoms with Gasteiger partial charge >= 0.3 is 12.1 Å². The van der Waals surface area contributed by atoms with Crippen LogP contribution in [-0.4, -0.2) is 34.1 Å². The first kappa shape index (κ1) is 16.5. The monoisotopic (exact) mass is 317 g/mol. The zero-order chi connectivity index (χ0) is 16.5. The molecule has 0 unspecified atom stereocenters. The number of aliphatic carboxylic acids is 1. The van der Waals surface area contributed by atoms with Crippen molar-refractivity contribution in [3.8, 4) is 0 Å². The molecule has 1 saturated heterocycles. The molecule has 0 bridgehead atoms. The summed E-state index contributed by atoms with van der Waals surface area (Å²) < 4.78 is 37.4. The first-order chi connectivity index (χ1) is 10.1. The van der Waals surface area contributed by atoms with Crippen molar-refractivity contribution in [2.24, 2.45) is 11.3 Å². The maximum Gasteiger partial charge on any atom is 0.419 e. The van der Waals surface area contributed by atoms with Gasteiger partial charge in [-0.25, -0.2) is 9.97 Å².